The lowest BCUT2D eigenvalue weighted by Gasteiger charge is -2.07. The molecule has 0 aliphatic heterocycles. The largest absolute Gasteiger partial charge is 0.319 e. The highest BCUT2D eigenvalue weighted by Gasteiger charge is 2.16. The Hall–Kier alpha value is -0.390. The fourth-order valence-corrected chi connectivity index (χ4v) is 3.33. The molecule has 5 heteroatoms. The van der Waals surface area contributed by atoms with Gasteiger partial charge in [-0.3, -0.25) is 0 Å². The van der Waals surface area contributed by atoms with Crippen LogP contribution < -0.4 is 5.32 Å². The van der Waals surface area contributed by atoms with Crippen molar-refractivity contribution in [1.82, 2.24) is 5.32 Å². The van der Waals surface area contributed by atoms with E-state index in [1.54, 1.807) is 26.1 Å². The van der Waals surface area contributed by atoms with E-state index in [-0.39, 0.29) is 5.75 Å². The zero-order valence-corrected chi connectivity index (χ0v) is 11.2. The minimum Gasteiger partial charge on any atom is -0.319 e. The minimum absolute atomic E-state index is 0.126. The van der Waals surface area contributed by atoms with Crippen molar-refractivity contribution >= 4 is 25.8 Å². The molecule has 1 rings (SSSR count). The summed E-state index contributed by atoms with van der Waals surface area (Å²) in [4.78, 5) is 0.409. The van der Waals surface area contributed by atoms with Crippen LogP contribution in [0.4, 0.5) is 0 Å². The average molecular weight is 292 g/mol. The lowest BCUT2D eigenvalue weighted by molar-refractivity contribution is 0.593. The summed E-state index contributed by atoms with van der Waals surface area (Å²) in [6.45, 7) is 2.27. The topological polar surface area (TPSA) is 46.2 Å². The van der Waals surface area contributed by atoms with E-state index in [0.29, 0.717) is 11.4 Å². The van der Waals surface area contributed by atoms with E-state index in [4.69, 9.17) is 0 Å². The number of aryl methyl sites for hydroxylation is 1. The number of hydrogen-bond donors (Lipinski definition) is 1. The van der Waals surface area contributed by atoms with Crippen LogP contribution in [0.1, 0.15) is 5.56 Å². The van der Waals surface area contributed by atoms with Gasteiger partial charge in [-0.25, -0.2) is 8.42 Å². The van der Waals surface area contributed by atoms with Crippen LogP contribution >= 0.6 is 15.9 Å². The zero-order valence-electron chi connectivity index (χ0n) is 8.75. The summed E-state index contributed by atoms with van der Waals surface area (Å²) in [6.07, 6.45) is 0. The molecule has 0 amide bonds. The highest BCUT2D eigenvalue weighted by molar-refractivity contribution is 9.10. The van der Waals surface area contributed by atoms with Crippen LogP contribution in [-0.4, -0.2) is 27.8 Å². The van der Waals surface area contributed by atoms with Gasteiger partial charge in [0, 0.05) is 11.0 Å². The molecule has 0 fully saturated rings. The van der Waals surface area contributed by atoms with Crippen molar-refractivity contribution in [2.45, 2.75) is 11.8 Å². The molecule has 0 unspecified atom stereocenters. The van der Waals surface area contributed by atoms with Gasteiger partial charge in [0.25, 0.3) is 0 Å². The highest BCUT2D eigenvalue weighted by atomic mass is 79.9. The third-order valence-corrected chi connectivity index (χ3v) is 4.45. The molecule has 0 saturated heterocycles. The number of nitrogens with one attached hydrogen (secondary N) is 1. The number of hydrogen-bond acceptors (Lipinski definition) is 3. The van der Waals surface area contributed by atoms with Gasteiger partial charge in [-0.1, -0.05) is 22.0 Å². The van der Waals surface area contributed by atoms with Gasteiger partial charge >= 0.3 is 0 Å². The van der Waals surface area contributed by atoms with Crippen LogP contribution in [-0.2, 0) is 9.84 Å². The summed E-state index contributed by atoms with van der Waals surface area (Å²) in [5.41, 5.74) is 0.786. The van der Waals surface area contributed by atoms with Crippen LogP contribution in [0, 0.1) is 6.92 Å². The highest BCUT2D eigenvalue weighted by Crippen LogP contribution is 2.21. The molecule has 0 aromatic heterocycles. The lowest BCUT2D eigenvalue weighted by atomic mass is 10.2. The summed E-state index contributed by atoms with van der Waals surface area (Å²) >= 11 is 3.28. The van der Waals surface area contributed by atoms with E-state index in [1.807, 2.05) is 6.07 Å². The molecule has 1 N–H and O–H groups in total. The predicted molar refractivity (Wildman–Crippen MR) is 64.9 cm³/mol. The molecule has 0 bridgehead atoms. The fourth-order valence-electron chi connectivity index (χ4n) is 1.26. The van der Waals surface area contributed by atoms with Gasteiger partial charge in [0.05, 0.1) is 10.6 Å². The van der Waals surface area contributed by atoms with Crippen LogP contribution in [0.2, 0.25) is 0 Å². The van der Waals surface area contributed by atoms with Gasteiger partial charge in [0.2, 0.25) is 0 Å². The second-order valence-corrected chi connectivity index (χ2v) is 6.33. The molecule has 0 saturated carbocycles. The average Bonchev–Trinajstić information content (AvgIpc) is 2.18. The Labute approximate surface area is 98.9 Å². The second-order valence-electron chi connectivity index (χ2n) is 3.33. The molecule has 0 heterocycles. The molecular formula is C10H14BrNO2S. The predicted octanol–water partition coefficient (Wildman–Crippen LogP) is 1.75. The normalized spacial score (nSPS) is 11.7. The monoisotopic (exact) mass is 291 g/mol. The number of rotatable bonds is 4. The van der Waals surface area contributed by atoms with E-state index < -0.39 is 9.84 Å². The smallest absolute Gasteiger partial charge is 0.179 e. The van der Waals surface area contributed by atoms with E-state index in [0.717, 1.165) is 10.0 Å². The van der Waals surface area contributed by atoms with Crippen LogP contribution in [0.5, 0.6) is 0 Å². The number of halogens is 1. The number of benzene rings is 1. The van der Waals surface area contributed by atoms with Gasteiger partial charge in [-0.2, -0.15) is 0 Å². The molecule has 0 spiro atoms. The van der Waals surface area contributed by atoms with Gasteiger partial charge in [-0.05, 0) is 31.7 Å². The van der Waals surface area contributed by atoms with E-state index in [2.05, 4.69) is 21.2 Å². The van der Waals surface area contributed by atoms with Crippen molar-refractivity contribution in [2.75, 3.05) is 19.3 Å². The standard InChI is InChI=1S/C10H14BrNO2S/c1-8-3-4-9(11)7-10(8)15(13,14)6-5-12-2/h3-4,7,12H,5-6H2,1-2H3. The molecule has 0 atom stereocenters. The fraction of sp³-hybridized carbons (Fsp3) is 0.400. The first-order valence-electron chi connectivity index (χ1n) is 4.61. The third kappa shape index (κ3) is 3.29. The van der Waals surface area contributed by atoms with Gasteiger partial charge in [0.15, 0.2) is 9.84 Å². The Balaban J connectivity index is 3.09. The van der Waals surface area contributed by atoms with Crippen LogP contribution in [0.15, 0.2) is 27.6 Å². The van der Waals surface area contributed by atoms with Gasteiger partial charge in [0.1, 0.15) is 0 Å². The summed E-state index contributed by atoms with van der Waals surface area (Å²) in [5.74, 6) is 0.126. The van der Waals surface area contributed by atoms with Gasteiger partial charge in [-0.15, -0.1) is 0 Å². The second kappa shape index (κ2) is 5.09. The summed E-state index contributed by atoms with van der Waals surface area (Å²) < 4.78 is 24.6. The van der Waals surface area contributed by atoms with Crippen LogP contribution in [0.3, 0.4) is 0 Å². The van der Waals surface area contributed by atoms with E-state index in [9.17, 15) is 8.42 Å². The Morgan fingerprint density at radius 3 is 2.67 bits per heavy atom. The molecular weight excluding hydrogens is 278 g/mol. The Morgan fingerprint density at radius 2 is 2.07 bits per heavy atom. The maximum absolute atomic E-state index is 11.9. The van der Waals surface area contributed by atoms with E-state index in [1.165, 1.54) is 0 Å². The molecule has 0 aliphatic carbocycles. The third-order valence-electron chi connectivity index (χ3n) is 2.11. The molecule has 84 valence electrons. The molecule has 1 aromatic carbocycles. The SMILES string of the molecule is CNCCS(=O)(=O)c1cc(Br)ccc1C. The van der Waals surface area contributed by atoms with Crippen molar-refractivity contribution in [3.63, 3.8) is 0 Å². The van der Waals surface area contributed by atoms with E-state index >= 15 is 0 Å². The lowest BCUT2D eigenvalue weighted by Crippen LogP contribution is -2.20. The van der Waals surface area contributed by atoms with Crippen molar-refractivity contribution in [3.05, 3.63) is 28.2 Å². The first-order chi connectivity index (χ1) is 6.97. The molecule has 3 nitrogen and oxygen atoms in total. The summed E-state index contributed by atoms with van der Waals surface area (Å²) in [5, 5.41) is 2.84. The van der Waals surface area contributed by atoms with Crippen LogP contribution in [0.25, 0.3) is 0 Å². The maximum atomic E-state index is 11.9. The minimum atomic E-state index is -3.17. The zero-order chi connectivity index (χ0) is 11.5. The first-order valence-corrected chi connectivity index (χ1v) is 7.05. The van der Waals surface area contributed by atoms with Crippen molar-refractivity contribution in [1.29, 1.82) is 0 Å². The Bertz CT molecular complexity index is 443. The molecule has 0 radical (unpaired) electrons. The summed E-state index contributed by atoms with van der Waals surface area (Å²) in [6, 6.07) is 5.29. The quantitative estimate of drug-likeness (QED) is 0.919. The first kappa shape index (κ1) is 12.7. The van der Waals surface area contributed by atoms with Crippen molar-refractivity contribution < 1.29 is 8.42 Å². The molecule has 0 aliphatic rings. The van der Waals surface area contributed by atoms with Gasteiger partial charge < -0.3 is 5.32 Å². The Kier molecular flexibility index (Phi) is 4.31. The number of sulfone groups is 1. The van der Waals surface area contributed by atoms with Crippen molar-refractivity contribution in [3.8, 4) is 0 Å². The maximum Gasteiger partial charge on any atom is 0.179 e. The Morgan fingerprint density at radius 1 is 1.40 bits per heavy atom. The summed E-state index contributed by atoms with van der Waals surface area (Å²) in [7, 11) is -1.43. The van der Waals surface area contributed by atoms with Crippen molar-refractivity contribution in [2.24, 2.45) is 0 Å². The molecule has 15 heavy (non-hydrogen) atoms. The molecule has 1 aromatic rings.